The minimum Gasteiger partial charge on any atom is -0.363 e. The van der Waals surface area contributed by atoms with Crippen LogP contribution in [0, 0.1) is 0 Å². The highest BCUT2D eigenvalue weighted by Crippen LogP contribution is 2.15. The molecule has 0 unspecified atom stereocenters. The van der Waals surface area contributed by atoms with E-state index >= 15 is 0 Å². The summed E-state index contributed by atoms with van der Waals surface area (Å²) in [7, 11) is 0. The predicted molar refractivity (Wildman–Crippen MR) is 65.2 cm³/mol. The Balaban J connectivity index is 1.73. The van der Waals surface area contributed by atoms with E-state index in [0.717, 1.165) is 11.0 Å². The van der Waals surface area contributed by atoms with Crippen molar-refractivity contribution in [3.63, 3.8) is 0 Å². The summed E-state index contributed by atoms with van der Waals surface area (Å²) < 4.78 is 4.61. The molecule has 3 aromatic rings. The molecule has 1 aromatic carbocycles. The Kier molecular flexibility index (Phi) is 2.41. The third-order valence-corrected chi connectivity index (χ3v) is 2.36. The molecule has 0 bridgehead atoms. The monoisotopic (exact) mass is 243 g/mol. The molecule has 0 spiro atoms. The minimum absolute atomic E-state index is 0.357. The van der Waals surface area contributed by atoms with Gasteiger partial charge in [0, 0.05) is 11.8 Å². The number of aromatic nitrogens is 3. The molecule has 2 amide bonds. The summed E-state index contributed by atoms with van der Waals surface area (Å²) in [5.41, 5.74) is 2.36. The minimum atomic E-state index is -0.386. The molecule has 18 heavy (non-hydrogen) atoms. The van der Waals surface area contributed by atoms with E-state index < -0.39 is 0 Å². The van der Waals surface area contributed by atoms with E-state index in [1.807, 2.05) is 6.07 Å². The van der Waals surface area contributed by atoms with Gasteiger partial charge in [-0.1, -0.05) is 5.16 Å². The number of fused-ring (bicyclic) bond motifs is 1. The van der Waals surface area contributed by atoms with Crippen molar-refractivity contribution >= 4 is 28.6 Å². The fraction of sp³-hybridized carbons (Fsp3) is 0. The summed E-state index contributed by atoms with van der Waals surface area (Å²) in [6.45, 7) is 0. The number of carbonyl (C=O) groups excluding carboxylic acids is 1. The first-order valence-electron chi connectivity index (χ1n) is 5.23. The molecule has 7 nitrogen and oxygen atoms in total. The van der Waals surface area contributed by atoms with Crippen LogP contribution in [0.25, 0.3) is 11.0 Å². The number of hydrogen-bond acceptors (Lipinski definition) is 4. The number of carbonyl (C=O) groups is 1. The fourth-order valence-electron chi connectivity index (χ4n) is 1.57. The van der Waals surface area contributed by atoms with Gasteiger partial charge in [0.25, 0.3) is 0 Å². The van der Waals surface area contributed by atoms with Crippen LogP contribution in [0.2, 0.25) is 0 Å². The Bertz CT molecular complexity index is 674. The van der Waals surface area contributed by atoms with Gasteiger partial charge in [-0.15, -0.1) is 0 Å². The van der Waals surface area contributed by atoms with E-state index in [1.54, 1.807) is 24.5 Å². The number of nitrogens with zero attached hydrogens (tertiary/aromatic N) is 2. The Labute approximate surface area is 101 Å². The van der Waals surface area contributed by atoms with E-state index in [1.165, 1.54) is 6.26 Å². The first-order valence-corrected chi connectivity index (χ1v) is 5.23. The summed E-state index contributed by atoms with van der Waals surface area (Å²) >= 11 is 0. The van der Waals surface area contributed by atoms with Crippen molar-refractivity contribution in [3.8, 4) is 0 Å². The van der Waals surface area contributed by atoms with Crippen molar-refractivity contribution in [2.75, 3.05) is 10.6 Å². The topological polar surface area (TPSA) is 95.8 Å². The Hall–Kier alpha value is -2.83. The van der Waals surface area contributed by atoms with Gasteiger partial charge in [-0.3, -0.25) is 5.32 Å². The number of anilines is 2. The molecule has 3 rings (SSSR count). The average Bonchev–Trinajstić information content (AvgIpc) is 2.98. The molecule has 0 aliphatic rings. The number of urea groups is 1. The van der Waals surface area contributed by atoms with Crippen LogP contribution in [0.15, 0.2) is 41.4 Å². The number of rotatable bonds is 2. The molecule has 0 fully saturated rings. The highest BCUT2D eigenvalue weighted by molar-refractivity contribution is 6.00. The smallest absolute Gasteiger partial charge is 0.324 e. The number of imidazole rings is 1. The number of benzene rings is 1. The number of nitrogens with one attached hydrogen (secondary N) is 3. The lowest BCUT2D eigenvalue weighted by atomic mass is 10.3. The van der Waals surface area contributed by atoms with E-state index in [2.05, 4.69) is 30.3 Å². The van der Waals surface area contributed by atoms with Crippen molar-refractivity contribution in [2.24, 2.45) is 0 Å². The molecule has 0 radical (unpaired) electrons. The van der Waals surface area contributed by atoms with Crippen LogP contribution in [0.1, 0.15) is 0 Å². The van der Waals surface area contributed by atoms with E-state index in [0.29, 0.717) is 11.5 Å². The second-order valence-electron chi connectivity index (χ2n) is 3.60. The quantitative estimate of drug-likeness (QED) is 0.642. The Morgan fingerprint density at radius 2 is 2.22 bits per heavy atom. The standard InChI is InChI=1S/C11H9N5O2/c17-11(15-10-3-4-18-16-10)14-7-1-2-8-9(5-7)13-6-12-8/h1-6H,(H,12,13)(H2,14,15,16,17). The van der Waals surface area contributed by atoms with Crippen LogP contribution in [0.5, 0.6) is 0 Å². The predicted octanol–water partition coefficient (Wildman–Crippen LogP) is 2.19. The molecule has 90 valence electrons. The van der Waals surface area contributed by atoms with Crippen molar-refractivity contribution in [2.45, 2.75) is 0 Å². The number of aromatic amines is 1. The van der Waals surface area contributed by atoms with Crippen LogP contribution in [0.3, 0.4) is 0 Å². The summed E-state index contributed by atoms with van der Waals surface area (Å²) in [6.07, 6.45) is 2.98. The third kappa shape index (κ3) is 2.01. The van der Waals surface area contributed by atoms with E-state index in [9.17, 15) is 4.79 Å². The van der Waals surface area contributed by atoms with Crippen LogP contribution in [-0.2, 0) is 0 Å². The summed E-state index contributed by atoms with van der Waals surface area (Å²) in [5, 5.41) is 8.79. The molecule has 3 N–H and O–H groups in total. The Morgan fingerprint density at radius 3 is 3.06 bits per heavy atom. The normalized spacial score (nSPS) is 10.4. The molecular formula is C11H9N5O2. The van der Waals surface area contributed by atoms with Crippen LogP contribution in [-0.4, -0.2) is 21.2 Å². The first-order chi connectivity index (χ1) is 8.81. The average molecular weight is 243 g/mol. The molecule has 0 saturated heterocycles. The van der Waals surface area contributed by atoms with Gasteiger partial charge < -0.3 is 14.8 Å². The van der Waals surface area contributed by atoms with Crippen molar-refractivity contribution < 1.29 is 9.32 Å². The second kappa shape index (κ2) is 4.21. The van der Waals surface area contributed by atoms with E-state index in [4.69, 9.17) is 0 Å². The van der Waals surface area contributed by atoms with Gasteiger partial charge in [-0.25, -0.2) is 9.78 Å². The zero-order chi connectivity index (χ0) is 12.4. The second-order valence-corrected chi connectivity index (χ2v) is 3.60. The highest BCUT2D eigenvalue weighted by Gasteiger charge is 2.05. The summed E-state index contributed by atoms with van der Waals surface area (Å²) in [6, 6.07) is 6.55. The van der Waals surface area contributed by atoms with Crippen LogP contribution in [0.4, 0.5) is 16.3 Å². The van der Waals surface area contributed by atoms with Gasteiger partial charge in [-0.2, -0.15) is 0 Å². The summed E-state index contributed by atoms with van der Waals surface area (Å²) in [4.78, 5) is 18.7. The number of hydrogen-bond donors (Lipinski definition) is 3. The highest BCUT2D eigenvalue weighted by atomic mass is 16.5. The molecule has 2 heterocycles. The molecular weight excluding hydrogens is 234 g/mol. The maximum atomic E-state index is 11.6. The van der Waals surface area contributed by atoms with Gasteiger partial charge in [0.15, 0.2) is 5.82 Å². The molecule has 7 heteroatoms. The van der Waals surface area contributed by atoms with Crippen molar-refractivity contribution in [1.29, 1.82) is 0 Å². The van der Waals surface area contributed by atoms with Crippen molar-refractivity contribution in [1.82, 2.24) is 15.1 Å². The molecule has 0 saturated carbocycles. The van der Waals surface area contributed by atoms with E-state index in [-0.39, 0.29) is 6.03 Å². The number of amides is 2. The maximum absolute atomic E-state index is 11.6. The van der Waals surface area contributed by atoms with Crippen molar-refractivity contribution in [3.05, 3.63) is 36.9 Å². The van der Waals surface area contributed by atoms with Crippen LogP contribution >= 0.6 is 0 Å². The molecule has 0 aliphatic carbocycles. The number of H-pyrrole nitrogens is 1. The van der Waals surface area contributed by atoms with Crippen LogP contribution < -0.4 is 10.6 Å². The van der Waals surface area contributed by atoms with Gasteiger partial charge >= 0.3 is 6.03 Å². The Morgan fingerprint density at radius 1 is 1.28 bits per heavy atom. The lowest BCUT2D eigenvalue weighted by Gasteiger charge is -2.04. The zero-order valence-electron chi connectivity index (χ0n) is 9.18. The fourth-order valence-corrected chi connectivity index (χ4v) is 1.57. The molecule has 2 aromatic heterocycles. The largest absolute Gasteiger partial charge is 0.363 e. The lowest BCUT2D eigenvalue weighted by molar-refractivity contribution is 0.262. The SMILES string of the molecule is O=C(Nc1ccc2nc[nH]c2c1)Nc1ccon1. The lowest BCUT2D eigenvalue weighted by Crippen LogP contribution is -2.19. The third-order valence-electron chi connectivity index (χ3n) is 2.36. The van der Waals surface area contributed by atoms with Gasteiger partial charge in [0.1, 0.15) is 6.26 Å². The van der Waals surface area contributed by atoms with Gasteiger partial charge in [-0.05, 0) is 18.2 Å². The molecule has 0 aliphatic heterocycles. The molecule has 0 atom stereocenters. The zero-order valence-corrected chi connectivity index (χ0v) is 9.18. The van der Waals surface area contributed by atoms with Gasteiger partial charge in [0.05, 0.1) is 17.4 Å². The maximum Gasteiger partial charge on any atom is 0.324 e. The summed E-state index contributed by atoms with van der Waals surface area (Å²) in [5.74, 6) is 0.357. The first kappa shape index (κ1) is 10.3. The van der Waals surface area contributed by atoms with Gasteiger partial charge in [0.2, 0.25) is 0 Å².